The van der Waals surface area contributed by atoms with Gasteiger partial charge in [-0.05, 0) is 167 Å². The summed E-state index contributed by atoms with van der Waals surface area (Å²) in [4.78, 5) is 7.76. The lowest BCUT2D eigenvalue weighted by molar-refractivity contribution is 0.483. The van der Waals surface area contributed by atoms with Gasteiger partial charge >= 0.3 is 0 Å². The van der Waals surface area contributed by atoms with E-state index in [9.17, 15) is 0 Å². The normalized spacial score (nSPS) is 13.9. The molecule has 4 aliphatic rings. The van der Waals surface area contributed by atoms with Gasteiger partial charge in [-0.2, -0.15) is 0 Å². The molecule has 15 aromatic rings. The van der Waals surface area contributed by atoms with Gasteiger partial charge in [0.05, 0.1) is 22.4 Å². The van der Waals surface area contributed by atoms with Gasteiger partial charge in [0, 0.05) is 84.2 Å². The van der Waals surface area contributed by atoms with Crippen LogP contribution in [0.15, 0.2) is 271 Å². The maximum absolute atomic E-state index is 7.94. The summed E-state index contributed by atoms with van der Waals surface area (Å²) in [6.45, 7) is 27.6. The van der Waals surface area contributed by atoms with E-state index in [1.807, 2.05) is 0 Å². The smallest absolute Gasteiger partial charge is 0.256 e. The number of para-hydroxylation sites is 7. The number of ether oxygens (including phenoxy) is 1. The summed E-state index contributed by atoms with van der Waals surface area (Å²) in [6.07, 6.45) is 0. The Morgan fingerprint density at radius 3 is 1.46 bits per heavy atom. The zero-order valence-electron chi connectivity index (χ0n) is 60.2. The van der Waals surface area contributed by atoms with Crippen LogP contribution in [0.4, 0.5) is 51.2 Å². The maximum Gasteiger partial charge on any atom is 0.256 e. The average Bonchev–Trinajstić information content (AvgIpc) is 0.844. The van der Waals surface area contributed by atoms with Crippen molar-refractivity contribution < 1.29 is 9.15 Å². The molecule has 6 nitrogen and oxygen atoms in total. The minimum absolute atomic E-state index is 0.107. The van der Waals surface area contributed by atoms with E-state index in [0.29, 0.717) is 0 Å². The van der Waals surface area contributed by atoms with Crippen LogP contribution in [0.25, 0.3) is 71.7 Å². The van der Waals surface area contributed by atoms with Crippen LogP contribution in [0, 0.1) is 0 Å². The predicted molar refractivity (Wildman–Crippen MR) is 434 cm³/mol. The fourth-order valence-electron chi connectivity index (χ4n) is 17.2. The molecule has 0 N–H and O–H groups in total. The van der Waals surface area contributed by atoms with Crippen LogP contribution in [-0.4, -0.2) is 18.0 Å². The topological polar surface area (TPSA) is 37.0 Å². The molecule has 0 aliphatic carbocycles. The van der Waals surface area contributed by atoms with Gasteiger partial charge in [-0.1, -0.05) is 265 Å². The zero-order chi connectivity index (χ0) is 69.6. The van der Waals surface area contributed by atoms with Crippen molar-refractivity contribution in [2.75, 3.05) is 14.7 Å². The monoisotopic (exact) mass is 1320 g/mol. The third-order valence-electron chi connectivity index (χ3n) is 22.4. The van der Waals surface area contributed by atoms with E-state index in [-0.39, 0.29) is 35.1 Å². The summed E-state index contributed by atoms with van der Waals surface area (Å²) in [7, 11) is 0. The molecule has 0 fully saturated rings. The first-order valence-electron chi connectivity index (χ1n) is 36.3. The third-order valence-corrected chi connectivity index (χ3v) is 22.4. The van der Waals surface area contributed by atoms with Gasteiger partial charge in [-0.15, -0.1) is 0 Å². The number of benzene rings is 13. The molecule has 2 aromatic heterocycles. The molecular formula is C94H80B2N4O2. The first kappa shape index (κ1) is 61.8. The molecule has 0 amide bonds. The lowest BCUT2D eigenvalue weighted by atomic mass is 9.30. The van der Waals surface area contributed by atoms with Crippen molar-refractivity contribution in [2.45, 2.75) is 105 Å². The van der Waals surface area contributed by atoms with Crippen molar-refractivity contribution in [1.29, 1.82) is 0 Å². The molecule has 0 atom stereocenters. The molecule has 0 radical (unpaired) electrons. The SMILES string of the molecule is CC(C)(C)c1cccc(-c2cccc(-c3cccc(C(C)(C)C)c3)c2N2c3cc4c(cc3B3c5ccc(-n6c7ccccc7c7ccccc76)cc5N(c5ccccc5)c5cc(C(C)(C)C)cc2c53)B2c3ccccc3N(c3cccc5c3oc3ccccc35)c3cc(C(C)(C)C)cc(c32)O4)c1. The summed E-state index contributed by atoms with van der Waals surface area (Å²) in [6, 6.07) is 101. The molecule has 6 heterocycles. The third kappa shape index (κ3) is 9.40. The van der Waals surface area contributed by atoms with Gasteiger partial charge in [0.15, 0.2) is 5.58 Å². The molecule has 0 unspecified atom stereocenters. The van der Waals surface area contributed by atoms with Crippen molar-refractivity contribution in [3.05, 3.63) is 289 Å². The largest absolute Gasteiger partial charge is 0.458 e. The standard InChI is InChI=1S/C94H80B2N4O2/c1-91(2,3)59-30-24-28-57(48-59)65-37-26-38-66(58-29-25-31-60(49-58)92(4,5)6)89(65)100-80-56-85-74(96-71-40-19-22-43-77(71)99(83-52-62(94(10,11)12)53-86(101-85)88(83)96)78-44-27-39-70-69-36-18-23-45-84(69)102-90(70)78)55-73(80)95-72-47-46-64(98-75-41-20-16-34-67(75)68-35-17-21-42-76(68)98)54-79(72)97(63-32-14-13-15-33-63)81-50-61(93(7,8)9)51-82(100)87(81)95/h13-56H,1-12H3. The molecule has 0 saturated heterocycles. The van der Waals surface area contributed by atoms with Crippen molar-refractivity contribution >= 4 is 141 Å². The fourth-order valence-corrected chi connectivity index (χ4v) is 17.2. The molecule has 19 rings (SSSR count). The quantitative estimate of drug-likeness (QED) is 0.155. The first-order chi connectivity index (χ1) is 49.1. The first-order valence-corrected chi connectivity index (χ1v) is 36.3. The lowest BCUT2D eigenvalue weighted by Crippen LogP contribution is -2.64. The second kappa shape index (κ2) is 22.1. The fraction of sp³-hybridized carbons (Fsp3) is 0.170. The summed E-state index contributed by atoms with van der Waals surface area (Å²) in [5, 5.41) is 4.66. The van der Waals surface area contributed by atoms with Gasteiger partial charge < -0.3 is 28.4 Å². The Hall–Kier alpha value is -11.2. The molecule has 8 heteroatoms. The lowest BCUT2D eigenvalue weighted by Gasteiger charge is -2.47. The van der Waals surface area contributed by atoms with E-state index in [1.54, 1.807) is 0 Å². The van der Waals surface area contributed by atoms with Crippen LogP contribution in [0.1, 0.15) is 105 Å². The van der Waals surface area contributed by atoms with Crippen molar-refractivity contribution in [1.82, 2.24) is 4.57 Å². The molecule has 494 valence electrons. The molecule has 0 bridgehead atoms. The second-order valence-corrected chi connectivity index (χ2v) is 32.9. The van der Waals surface area contributed by atoms with Crippen LogP contribution in [-0.2, 0) is 21.7 Å². The number of hydrogen-bond donors (Lipinski definition) is 0. The van der Waals surface area contributed by atoms with Crippen LogP contribution in [0.3, 0.4) is 0 Å². The van der Waals surface area contributed by atoms with Gasteiger partial charge in [0.25, 0.3) is 13.4 Å². The number of hydrogen-bond acceptors (Lipinski definition) is 5. The Kier molecular flexibility index (Phi) is 13.4. The van der Waals surface area contributed by atoms with Crippen LogP contribution in [0.2, 0.25) is 0 Å². The van der Waals surface area contributed by atoms with E-state index in [0.717, 1.165) is 123 Å². The summed E-state index contributed by atoms with van der Waals surface area (Å²) >= 11 is 0. The Morgan fingerprint density at radius 2 is 0.804 bits per heavy atom. The minimum Gasteiger partial charge on any atom is -0.458 e. The molecule has 0 spiro atoms. The molecule has 102 heavy (non-hydrogen) atoms. The Bertz CT molecular complexity index is 5900. The molecule has 13 aromatic carbocycles. The van der Waals surface area contributed by atoms with Gasteiger partial charge in [0.1, 0.15) is 17.1 Å². The average molecular weight is 1320 g/mol. The predicted octanol–water partition coefficient (Wildman–Crippen LogP) is 21.7. The zero-order valence-corrected chi connectivity index (χ0v) is 60.2. The van der Waals surface area contributed by atoms with E-state index in [1.165, 1.54) is 65.9 Å². The number of rotatable bonds is 6. The highest BCUT2D eigenvalue weighted by Gasteiger charge is 2.49. The van der Waals surface area contributed by atoms with Crippen LogP contribution < -0.4 is 52.2 Å². The van der Waals surface area contributed by atoms with Crippen LogP contribution in [0.5, 0.6) is 11.5 Å². The van der Waals surface area contributed by atoms with Crippen LogP contribution >= 0.6 is 0 Å². The summed E-state index contributed by atoms with van der Waals surface area (Å²) < 4.78 is 17.4. The maximum atomic E-state index is 7.94. The minimum atomic E-state index is -0.284. The molecular weight excluding hydrogens is 1240 g/mol. The van der Waals surface area contributed by atoms with Crippen molar-refractivity contribution in [3.63, 3.8) is 0 Å². The Morgan fingerprint density at radius 1 is 0.294 bits per heavy atom. The number of anilines is 9. The van der Waals surface area contributed by atoms with Gasteiger partial charge in [0.2, 0.25) is 0 Å². The number of nitrogens with zero attached hydrogens (tertiary/aromatic N) is 4. The van der Waals surface area contributed by atoms with Gasteiger partial charge in [-0.25, -0.2) is 0 Å². The van der Waals surface area contributed by atoms with E-state index < -0.39 is 0 Å². The molecule has 4 aliphatic heterocycles. The van der Waals surface area contributed by atoms with E-state index in [4.69, 9.17) is 9.15 Å². The Balaban J connectivity index is 0.946. The Labute approximate surface area is 599 Å². The highest BCUT2D eigenvalue weighted by atomic mass is 16.5. The van der Waals surface area contributed by atoms with E-state index in [2.05, 4.69) is 369 Å². The summed E-state index contributed by atoms with van der Waals surface area (Å²) in [5.74, 6) is 1.71. The second-order valence-electron chi connectivity index (χ2n) is 32.9. The number of aromatic nitrogens is 1. The van der Waals surface area contributed by atoms with Gasteiger partial charge in [-0.3, -0.25) is 0 Å². The summed E-state index contributed by atoms with van der Waals surface area (Å²) in [5.41, 5.74) is 31.2. The van der Waals surface area contributed by atoms with E-state index >= 15 is 0 Å². The molecule has 0 saturated carbocycles. The van der Waals surface area contributed by atoms with Crippen molar-refractivity contribution in [3.8, 4) is 39.4 Å². The number of fused-ring (bicyclic) bond motifs is 14. The number of furan rings is 1. The van der Waals surface area contributed by atoms with Crippen molar-refractivity contribution in [2.24, 2.45) is 0 Å². The highest BCUT2D eigenvalue weighted by Crippen LogP contribution is 2.54. The highest BCUT2D eigenvalue weighted by molar-refractivity contribution is 7.02.